The highest BCUT2D eigenvalue weighted by molar-refractivity contribution is 9.10. The van der Waals surface area contributed by atoms with Gasteiger partial charge in [0, 0.05) is 4.47 Å². The van der Waals surface area contributed by atoms with Crippen molar-refractivity contribution in [1.82, 2.24) is 10.3 Å². The molecule has 1 heterocycles. The minimum atomic E-state index is -0.365. The third-order valence-corrected chi connectivity index (χ3v) is 4.21. The first kappa shape index (κ1) is 16.9. The maximum Gasteiger partial charge on any atom is 0.258 e. The molecule has 0 aliphatic rings. The van der Waals surface area contributed by atoms with Crippen molar-refractivity contribution in [3.63, 3.8) is 0 Å². The molecule has 2 rings (SSSR count). The van der Waals surface area contributed by atoms with Crippen molar-refractivity contribution >= 4 is 56.6 Å². The van der Waals surface area contributed by atoms with Crippen molar-refractivity contribution in [2.24, 2.45) is 0 Å². The van der Waals surface area contributed by atoms with Gasteiger partial charge in [-0.05, 0) is 71.8 Å². The molecular weight excluding hydrogens is 386 g/mol. The topological polar surface area (TPSA) is 54.0 Å². The van der Waals surface area contributed by atoms with Gasteiger partial charge in [-0.25, -0.2) is 4.98 Å². The molecule has 0 atom stereocenters. The van der Waals surface area contributed by atoms with Crippen LogP contribution < -0.4 is 10.6 Å². The van der Waals surface area contributed by atoms with Crippen molar-refractivity contribution in [2.45, 2.75) is 13.8 Å². The Bertz CT molecular complexity index is 752. The summed E-state index contributed by atoms with van der Waals surface area (Å²) in [6, 6.07) is 8.82. The number of halogens is 2. The number of aryl methyl sites for hydroxylation is 2. The highest BCUT2D eigenvalue weighted by atomic mass is 79.9. The zero-order valence-electron chi connectivity index (χ0n) is 11.9. The van der Waals surface area contributed by atoms with Crippen LogP contribution >= 0.6 is 39.7 Å². The Morgan fingerprint density at radius 3 is 2.64 bits per heavy atom. The second-order valence-electron chi connectivity index (χ2n) is 4.66. The molecule has 1 amide bonds. The average molecular weight is 399 g/mol. The van der Waals surface area contributed by atoms with E-state index in [2.05, 4.69) is 31.5 Å². The quantitative estimate of drug-likeness (QED) is 0.743. The molecule has 0 aliphatic heterocycles. The molecular formula is C15H13BrClN3OS. The minimum Gasteiger partial charge on any atom is -0.317 e. The van der Waals surface area contributed by atoms with Gasteiger partial charge in [0.15, 0.2) is 5.11 Å². The van der Waals surface area contributed by atoms with Gasteiger partial charge in [0.05, 0.1) is 16.3 Å². The van der Waals surface area contributed by atoms with Crippen molar-refractivity contribution in [2.75, 3.05) is 5.32 Å². The number of hydrogen-bond donors (Lipinski definition) is 2. The molecule has 1 aromatic heterocycles. The van der Waals surface area contributed by atoms with E-state index in [1.807, 2.05) is 26.0 Å². The van der Waals surface area contributed by atoms with Crippen LogP contribution in [0, 0.1) is 13.8 Å². The summed E-state index contributed by atoms with van der Waals surface area (Å²) >= 11 is 14.6. The number of thiocarbonyl (C=S) groups is 1. The van der Waals surface area contributed by atoms with Crippen LogP contribution in [0.4, 0.5) is 5.82 Å². The molecule has 1 aromatic carbocycles. The number of rotatable bonds is 2. The molecule has 0 spiro atoms. The number of benzene rings is 1. The number of anilines is 1. The molecule has 2 N–H and O–H groups in total. The third-order valence-electron chi connectivity index (χ3n) is 2.86. The lowest BCUT2D eigenvalue weighted by Crippen LogP contribution is -2.34. The molecule has 22 heavy (non-hydrogen) atoms. The Hall–Kier alpha value is -1.50. The summed E-state index contributed by atoms with van der Waals surface area (Å²) in [6.45, 7) is 3.77. The lowest BCUT2D eigenvalue weighted by Gasteiger charge is -2.11. The first-order chi connectivity index (χ1) is 10.4. The average Bonchev–Trinajstić information content (AvgIpc) is 2.42. The molecule has 2 aromatic rings. The molecule has 4 nitrogen and oxygen atoms in total. The van der Waals surface area contributed by atoms with Crippen molar-refractivity contribution in [1.29, 1.82) is 0 Å². The number of aromatic nitrogens is 1. The van der Waals surface area contributed by atoms with E-state index in [4.69, 9.17) is 23.8 Å². The predicted octanol–water partition coefficient (Wildman–Crippen LogP) is 4.24. The van der Waals surface area contributed by atoms with Crippen LogP contribution in [-0.4, -0.2) is 16.0 Å². The van der Waals surface area contributed by atoms with Gasteiger partial charge < -0.3 is 5.32 Å². The first-order valence-corrected chi connectivity index (χ1v) is 7.96. The first-order valence-electron chi connectivity index (χ1n) is 6.38. The van der Waals surface area contributed by atoms with Crippen LogP contribution in [0.2, 0.25) is 5.02 Å². The van der Waals surface area contributed by atoms with Gasteiger partial charge in [-0.1, -0.05) is 17.7 Å². The van der Waals surface area contributed by atoms with E-state index in [0.29, 0.717) is 16.4 Å². The van der Waals surface area contributed by atoms with Crippen LogP contribution in [0.3, 0.4) is 0 Å². The number of carbonyl (C=O) groups excluding carboxylic acids is 1. The molecule has 0 bridgehead atoms. The van der Waals surface area contributed by atoms with Crippen LogP contribution in [0.1, 0.15) is 21.6 Å². The van der Waals surface area contributed by atoms with E-state index in [-0.39, 0.29) is 11.0 Å². The van der Waals surface area contributed by atoms with Gasteiger partial charge in [-0.3, -0.25) is 10.1 Å². The summed E-state index contributed by atoms with van der Waals surface area (Å²) in [5.74, 6) is 0.192. The van der Waals surface area contributed by atoms with Crippen LogP contribution in [0.25, 0.3) is 0 Å². The fourth-order valence-electron chi connectivity index (χ4n) is 1.74. The van der Waals surface area contributed by atoms with E-state index in [1.54, 1.807) is 18.2 Å². The molecule has 0 aliphatic carbocycles. The van der Waals surface area contributed by atoms with Gasteiger partial charge in [0.1, 0.15) is 5.82 Å². The van der Waals surface area contributed by atoms with Crippen LogP contribution in [-0.2, 0) is 0 Å². The number of nitrogens with one attached hydrogen (secondary N) is 2. The van der Waals surface area contributed by atoms with Gasteiger partial charge in [0.2, 0.25) is 0 Å². The summed E-state index contributed by atoms with van der Waals surface area (Å²) < 4.78 is 0.902. The molecule has 0 fully saturated rings. The molecule has 0 unspecified atom stereocenters. The second-order valence-corrected chi connectivity index (χ2v) is 6.33. The van der Waals surface area contributed by atoms with Crippen LogP contribution in [0.15, 0.2) is 34.8 Å². The second kappa shape index (κ2) is 7.17. The maximum absolute atomic E-state index is 12.1. The summed E-state index contributed by atoms with van der Waals surface area (Å²) in [4.78, 5) is 16.4. The van der Waals surface area contributed by atoms with Gasteiger partial charge in [0.25, 0.3) is 5.91 Å². The predicted molar refractivity (Wildman–Crippen MR) is 96.5 cm³/mol. The van der Waals surface area contributed by atoms with Crippen LogP contribution in [0.5, 0.6) is 0 Å². The fraction of sp³-hybridized carbons (Fsp3) is 0.133. The summed E-state index contributed by atoms with van der Waals surface area (Å²) in [7, 11) is 0. The zero-order valence-corrected chi connectivity index (χ0v) is 15.1. The summed E-state index contributed by atoms with van der Waals surface area (Å²) in [6.07, 6.45) is 0. The summed E-state index contributed by atoms with van der Waals surface area (Å²) in [5.41, 5.74) is 2.17. The van der Waals surface area contributed by atoms with E-state index in [1.165, 1.54) is 0 Å². The number of nitrogens with zero attached hydrogens (tertiary/aromatic N) is 1. The standard InChI is InChI=1S/C15H13BrClN3OS/c1-8-3-4-10(12(17)7-8)14(21)20-15(22)19-13-6-5-11(16)9(2)18-13/h3-7H,1-2H3,(H2,18,19,20,21,22). The normalized spacial score (nSPS) is 10.2. The molecule has 114 valence electrons. The van der Waals surface area contributed by atoms with Crippen molar-refractivity contribution in [3.05, 3.63) is 56.6 Å². The van der Waals surface area contributed by atoms with E-state index < -0.39 is 0 Å². The molecule has 0 saturated heterocycles. The van der Waals surface area contributed by atoms with Gasteiger partial charge >= 0.3 is 0 Å². The SMILES string of the molecule is Cc1ccc(C(=O)NC(=S)Nc2ccc(Br)c(C)n2)c(Cl)c1. The number of pyridine rings is 1. The lowest BCUT2D eigenvalue weighted by atomic mass is 10.1. The van der Waals surface area contributed by atoms with Gasteiger partial charge in [-0.15, -0.1) is 0 Å². The Balaban J connectivity index is 2.05. The molecule has 0 radical (unpaired) electrons. The largest absolute Gasteiger partial charge is 0.317 e. The minimum absolute atomic E-state index is 0.163. The Morgan fingerprint density at radius 1 is 1.27 bits per heavy atom. The molecule has 0 saturated carbocycles. The van der Waals surface area contributed by atoms with Crippen molar-refractivity contribution in [3.8, 4) is 0 Å². The Kier molecular flexibility index (Phi) is 5.50. The Labute approximate surface area is 147 Å². The highest BCUT2D eigenvalue weighted by Gasteiger charge is 2.12. The number of hydrogen-bond acceptors (Lipinski definition) is 3. The van der Waals surface area contributed by atoms with E-state index in [9.17, 15) is 4.79 Å². The zero-order chi connectivity index (χ0) is 16.3. The molecule has 7 heteroatoms. The number of amides is 1. The highest BCUT2D eigenvalue weighted by Crippen LogP contribution is 2.18. The number of carbonyl (C=O) groups is 1. The fourth-order valence-corrected chi connectivity index (χ4v) is 2.47. The Morgan fingerprint density at radius 2 is 2.00 bits per heavy atom. The maximum atomic E-state index is 12.1. The smallest absolute Gasteiger partial charge is 0.258 e. The monoisotopic (exact) mass is 397 g/mol. The van der Waals surface area contributed by atoms with Crippen molar-refractivity contribution < 1.29 is 4.79 Å². The summed E-state index contributed by atoms with van der Waals surface area (Å²) in [5, 5.41) is 6.00. The van der Waals surface area contributed by atoms with E-state index in [0.717, 1.165) is 15.7 Å². The lowest BCUT2D eigenvalue weighted by molar-refractivity contribution is 0.0978. The van der Waals surface area contributed by atoms with Gasteiger partial charge in [-0.2, -0.15) is 0 Å². The van der Waals surface area contributed by atoms with E-state index >= 15 is 0 Å². The third kappa shape index (κ3) is 4.25.